The smallest absolute Gasteiger partial charge is 0.144 e. The Labute approximate surface area is 157 Å². The third kappa shape index (κ3) is 5.02. The molecule has 2 aromatic rings. The van der Waals surface area contributed by atoms with Gasteiger partial charge in [0.25, 0.3) is 0 Å². The number of nitrogen functional groups attached to an aromatic ring is 1. The monoisotopic (exact) mass is 380 g/mol. The van der Waals surface area contributed by atoms with Crippen molar-refractivity contribution in [2.75, 3.05) is 5.73 Å². The van der Waals surface area contributed by atoms with E-state index in [0.717, 1.165) is 0 Å². The molecule has 3 nitrogen and oxygen atoms in total. The van der Waals surface area contributed by atoms with E-state index < -0.39 is 17.5 Å². The molecule has 2 rings (SSSR count). The molecule has 1 unspecified atom stereocenters. The third-order valence-electron chi connectivity index (χ3n) is 3.33. The molecular weight excluding hydrogens is 362 g/mol. The molecule has 0 amide bonds. The SMILES string of the molecule is CC(Oc1cc(C#CC(C)(C)N)ccc1N)c1c(Cl)ccc(F)c1Cl. The molecule has 25 heavy (non-hydrogen) atoms. The van der Waals surface area contributed by atoms with Gasteiger partial charge in [0, 0.05) is 16.1 Å². The first kappa shape index (κ1) is 19.4. The predicted molar refractivity (Wildman–Crippen MR) is 101 cm³/mol. The average Bonchev–Trinajstić information content (AvgIpc) is 2.51. The number of halogens is 3. The van der Waals surface area contributed by atoms with E-state index in [4.69, 9.17) is 39.4 Å². The standard InChI is InChI=1S/C19H19Cl2FN2O/c1-11(17-13(20)5-6-14(22)18(17)21)25-16-10-12(4-7-15(16)23)8-9-19(2,3)24/h4-7,10-11H,23-24H2,1-3H3. The Bertz CT molecular complexity index is 851. The van der Waals surface area contributed by atoms with Gasteiger partial charge in [-0.05, 0) is 51.1 Å². The van der Waals surface area contributed by atoms with Gasteiger partial charge in [0.2, 0.25) is 0 Å². The summed E-state index contributed by atoms with van der Waals surface area (Å²) in [5.74, 6) is 5.76. The number of hydrogen-bond donors (Lipinski definition) is 2. The lowest BCUT2D eigenvalue weighted by Gasteiger charge is -2.19. The molecule has 0 aliphatic carbocycles. The van der Waals surface area contributed by atoms with Crippen LogP contribution in [-0.4, -0.2) is 5.54 Å². The Hall–Kier alpha value is -1.93. The molecule has 0 radical (unpaired) electrons. The Morgan fingerprint density at radius 2 is 1.88 bits per heavy atom. The molecule has 0 bridgehead atoms. The number of anilines is 1. The van der Waals surface area contributed by atoms with Crippen molar-refractivity contribution in [3.05, 3.63) is 57.3 Å². The summed E-state index contributed by atoms with van der Waals surface area (Å²) >= 11 is 12.2. The van der Waals surface area contributed by atoms with Gasteiger partial charge in [-0.1, -0.05) is 35.0 Å². The number of benzene rings is 2. The van der Waals surface area contributed by atoms with E-state index in [2.05, 4.69) is 11.8 Å². The maximum atomic E-state index is 13.7. The van der Waals surface area contributed by atoms with E-state index >= 15 is 0 Å². The Kier molecular flexibility index (Phi) is 5.84. The summed E-state index contributed by atoms with van der Waals surface area (Å²) < 4.78 is 19.6. The lowest BCUT2D eigenvalue weighted by Crippen LogP contribution is -2.29. The highest BCUT2D eigenvalue weighted by Gasteiger charge is 2.19. The van der Waals surface area contributed by atoms with Gasteiger partial charge in [-0.2, -0.15) is 0 Å². The number of rotatable bonds is 3. The van der Waals surface area contributed by atoms with Gasteiger partial charge in [-0.25, -0.2) is 4.39 Å². The van der Waals surface area contributed by atoms with Crippen molar-refractivity contribution in [1.29, 1.82) is 0 Å². The third-order valence-corrected chi connectivity index (χ3v) is 4.05. The summed E-state index contributed by atoms with van der Waals surface area (Å²) in [6.07, 6.45) is -0.604. The molecule has 1 atom stereocenters. The van der Waals surface area contributed by atoms with Gasteiger partial charge in [0.05, 0.1) is 16.2 Å². The molecule has 0 saturated carbocycles. The first-order chi connectivity index (χ1) is 11.6. The number of nitrogens with two attached hydrogens (primary N) is 2. The van der Waals surface area contributed by atoms with Crippen LogP contribution in [0.15, 0.2) is 30.3 Å². The van der Waals surface area contributed by atoms with Crippen LogP contribution in [0.3, 0.4) is 0 Å². The summed E-state index contributed by atoms with van der Waals surface area (Å²) in [6, 6.07) is 7.80. The maximum Gasteiger partial charge on any atom is 0.144 e. The highest BCUT2D eigenvalue weighted by molar-refractivity contribution is 6.36. The molecule has 0 aliphatic heterocycles. The van der Waals surface area contributed by atoms with Gasteiger partial charge in [-0.3, -0.25) is 0 Å². The summed E-state index contributed by atoms with van der Waals surface area (Å²) in [5, 5.41) is 0.248. The lowest BCUT2D eigenvalue weighted by atomic mass is 10.1. The molecule has 0 spiro atoms. The zero-order chi connectivity index (χ0) is 18.8. The quantitative estimate of drug-likeness (QED) is 0.450. The van der Waals surface area contributed by atoms with Gasteiger partial charge in [0.1, 0.15) is 17.7 Å². The van der Waals surface area contributed by atoms with Gasteiger partial charge >= 0.3 is 0 Å². The Morgan fingerprint density at radius 1 is 1.20 bits per heavy atom. The second-order valence-electron chi connectivity index (χ2n) is 6.24. The Morgan fingerprint density at radius 3 is 2.52 bits per heavy atom. The molecule has 0 fully saturated rings. The van der Waals surface area contributed by atoms with Crippen molar-refractivity contribution in [3.63, 3.8) is 0 Å². The molecular formula is C19H19Cl2FN2O. The van der Waals surface area contributed by atoms with E-state index in [1.165, 1.54) is 12.1 Å². The van der Waals surface area contributed by atoms with Gasteiger partial charge < -0.3 is 16.2 Å². The highest BCUT2D eigenvalue weighted by Crippen LogP contribution is 2.36. The maximum absolute atomic E-state index is 13.7. The fourth-order valence-corrected chi connectivity index (χ4v) is 2.79. The minimum absolute atomic E-state index is 0.0700. The van der Waals surface area contributed by atoms with Crippen LogP contribution < -0.4 is 16.2 Å². The second-order valence-corrected chi connectivity index (χ2v) is 7.03. The molecule has 0 heterocycles. The van der Waals surface area contributed by atoms with E-state index in [9.17, 15) is 4.39 Å². The molecule has 6 heteroatoms. The van der Waals surface area contributed by atoms with Crippen molar-refractivity contribution >= 4 is 28.9 Å². The Balaban J connectivity index is 2.34. The minimum atomic E-state index is -0.613. The largest absolute Gasteiger partial charge is 0.484 e. The van der Waals surface area contributed by atoms with Crippen molar-refractivity contribution in [2.24, 2.45) is 5.73 Å². The lowest BCUT2D eigenvalue weighted by molar-refractivity contribution is 0.228. The number of hydrogen-bond acceptors (Lipinski definition) is 3. The highest BCUT2D eigenvalue weighted by atomic mass is 35.5. The zero-order valence-corrected chi connectivity index (χ0v) is 15.7. The molecule has 0 aromatic heterocycles. The first-order valence-electron chi connectivity index (χ1n) is 7.60. The predicted octanol–water partition coefficient (Wildman–Crippen LogP) is 4.94. The van der Waals surface area contributed by atoms with Crippen molar-refractivity contribution in [3.8, 4) is 17.6 Å². The molecule has 4 N–H and O–H groups in total. The van der Waals surface area contributed by atoms with Crippen molar-refractivity contribution < 1.29 is 9.13 Å². The van der Waals surface area contributed by atoms with Crippen LogP contribution in [0.5, 0.6) is 5.75 Å². The van der Waals surface area contributed by atoms with E-state index in [0.29, 0.717) is 27.6 Å². The van der Waals surface area contributed by atoms with Crippen LogP contribution in [0, 0.1) is 17.7 Å². The minimum Gasteiger partial charge on any atom is -0.484 e. The molecule has 2 aromatic carbocycles. The van der Waals surface area contributed by atoms with E-state index in [1.54, 1.807) is 25.1 Å². The normalized spacial score (nSPS) is 12.3. The van der Waals surface area contributed by atoms with Crippen LogP contribution in [0.2, 0.25) is 10.0 Å². The van der Waals surface area contributed by atoms with E-state index in [1.807, 2.05) is 13.8 Å². The van der Waals surface area contributed by atoms with Crippen LogP contribution in [0.4, 0.5) is 10.1 Å². The fraction of sp³-hybridized carbons (Fsp3) is 0.263. The first-order valence-corrected chi connectivity index (χ1v) is 8.35. The van der Waals surface area contributed by atoms with Crippen molar-refractivity contribution in [1.82, 2.24) is 0 Å². The van der Waals surface area contributed by atoms with Gasteiger partial charge in [0.15, 0.2) is 0 Å². The summed E-state index contributed by atoms with van der Waals surface area (Å²) in [4.78, 5) is 0. The average molecular weight is 381 g/mol. The molecule has 0 aliphatic rings. The van der Waals surface area contributed by atoms with Crippen LogP contribution in [0.25, 0.3) is 0 Å². The van der Waals surface area contributed by atoms with Crippen LogP contribution >= 0.6 is 23.2 Å². The zero-order valence-electron chi connectivity index (χ0n) is 14.2. The fourth-order valence-electron chi connectivity index (χ4n) is 2.11. The number of ether oxygens (including phenoxy) is 1. The van der Waals surface area contributed by atoms with Crippen LogP contribution in [-0.2, 0) is 0 Å². The van der Waals surface area contributed by atoms with Crippen LogP contribution in [0.1, 0.15) is 38.0 Å². The molecule has 132 valence electrons. The van der Waals surface area contributed by atoms with Crippen molar-refractivity contribution in [2.45, 2.75) is 32.4 Å². The summed E-state index contributed by atoms with van der Waals surface area (Å²) in [5.41, 5.74) is 12.7. The molecule has 0 saturated heterocycles. The summed E-state index contributed by atoms with van der Waals surface area (Å²) in [6.45, 7) is 5.34. The van der Waals surface area contributed by atoms with Gasteiger partial charge in [-0.15, -0.1) is 0 Å². The summed E-state index contributed by atoms with van der Waals surface area (Å²) in [7, 11) is 0. The second kappa shape index (κ2) is 7.53. The topological polar surface area (TPSA) is 61.3 Å². The van der Waals surface area contributed by atoms with E-state index in [-0.39, 0.29) is 5.02 Å².